The average molecular weight is 1380 g/mol. The van der Waals surface area contributed by atoms with Gasteiger partial charge in [0.1, 0.15) is 121 Å². The second-order valence-corrected chi connectivity index (χ2v) is 24.1. The van der Waals surface area contributed by atoms with Gasteiger partial charge in [-0.15, -0.1) is 0 Å². The molecule has 5 aliphatic rings. The van der Waals surface area contributed by atoms with Gasteiger partial charge in [0.15, 0.2) is 30.5 Å². The van der Waals surface area contributed by atoms with Crippen LogP contribution < -0.4 is 53.4 Å². The molecule has 0 bridgehead atoms. The van der Waals surface area contributed by atoms with Gasteiger partial charge in [0.2, 0.25) is 29.9 Å². The molecule has 24 N–H and O–H groups in total. The highest BCUT2D eigenvalue weighted by Crippen LogP contribution is 2.35. The van der Waals surface area contributed by atoms with E-state index in [4.69, 9.17) is 45.6 Å². The zero-order valence-corrected chi connectivity index (χ0v) is 53.1. The number of para-hydroxylation sites is 1. The molecule has 20 unspecified atom stereocenters. The zero-order chi connectivity index (χ0) is 71.5. The highest BCUT2D eigenvalue weighted by atomic mass is 16.7. The lowest BCUT2D eigenvalue weighted by Gasteiger charge is -2.49. The first-order chi connectivity index (χ1) is 46.0. The van der Waals surface area contributed by atoms with Crippen LogP contribution in [0.5, 0.6) is 5.75 Å². The summed E-state index contributed by atoms with van der Waals surface area (Å²) in [6, 6.07) is -0.193. The van der Waals surface area contributed by atoms with Gasteiger partial charge < -0.3 is 148 Å². The van der Waals surface area contributed by atoms with Crippen LogP contribution in [0.1, 0.15) is 39.7 Å². The number of nitrogens with one attached hydrogen (secondary N) is 5. The number of esters is 1. The van der Waals surface area contributed by atoms with E-state index in [9.17, 15) is 85.6 Å². The SMILES string of the molecule is CCC(C)C(=O)OC1C(CO)OC(OC2C(CO)OC(Oc3ccc(C[C@H](NC(=O)[C@H](C)NC(=O)CN)C(=O)N[C@H](C(=O)N[C@H](C(=O)N(c4ccccc4)[C@H](C=O)CO)C(C)(O)C4CN=C(N)N4C4OC(CO)C(O)C(O)C4O)C(O)C4CN=C(N)N4)cc3)C(O)C2O)C(O)C1O. The van der Waals surface area contributed by atoms with Gasteiger partial charge in [0, 0.05) is 12.1 Å². The molecule has 38 heteroatoms. The van der Waals surface area contributed by atoms with Crippen molar-refractivity contribution in [1.82, 2.24) is 31.5 Å². The molecule has 0 spiro atoms. The molecule has 38 nitrogen and oxygen atoms in total. The Balaban J connectivity index is 1.17. The zero-order valence-electron chi connectivity index (χ0n) is 53.1. The topological polar surface area (TPSA) is 607 Å². The second-order valence-electron chi connectivity index (χ2n) is 24.1. The highest BCUT2D eigenvalue weighted by molar-refractivity contribution is 6.04. The lowest BCUT2D eigenvalue weighted by molar-refractivity contribution is -0.353. The fourth-order valence-electron chi connectivity index (χ4n) is 11.5. The van der Waals surface area contributed by atoms with Crippen molar-refractivity contribution in [2.75, 3.05) is 51.0 Å². The van der Waals surface area contributed by atoms with Crippen molar-refractivity contribution in [1.29, 1.82) is 0 Å². The summed E-state index contributed by atoms with van der Waals surface area (Å²) in [6.07, 6.45) is -29.0. The van der Waals surface area contributed by atoms with Crippen LogP contribution >= 0.6 is 0 Å². The van der Waals surface area contributed by atoms with Gasteiger partial charge in [0.25, 0.3) is 5.91 Å². The second kappa shape index (κ2) is 33.9. The standard InChI is InChI=1S/C59H88N12O26/c1-5-24(2)54(90)96-46-33(22-75)95-56(45(85)41(46)81)97-47-34(23-76)94-55(44(84)42(47)82)92-29-13-11-26(12-14-29)15-30(66-49(86)25(3)65-36(77)16-60)50(87)68-37(38(78)31-17-63-57(61)67-31)51(88)69-48(52(89)70(28(19-72)20-73)27-9-7-6-8-10-27)59(4,91)35-18-64-58(62)71(35)53-43(83)40(80)39(79)32(21-74)93-53/h6-14,19,24-25,28,30-35,37-48,53,55-56,73-76,78-85,91H,5,15-18,20-23,60H2,1-4H3,(H2,62,64)(H,65,77)(H,66,86)(H,68,87)(H,69,88)(H3,61,63,67)/t24?,25-,28+,30-,31?,32?,33?,34?,35?,37-,38?,39?,40?,41?,42?,43?,44?,45?,46?,47?,48+,53?,55?,56?,59?/m0/s1. The minimum Gasteiger partial charge on any atom is -0.462 e. The molecule has 97 heavy (non-hydrogen) atoms. The first-order valence-corrected chi connectivity index (χ1v) is 31.1. The van der Waals surface area contributed by atoms with Crippen molar-refractivity contribution in [2.24, 2.45) is 33.1 Å². The number of carbonyl (C=O) groups excluding carboxylic acids is 7. The maximum Gasteiger partial charge on any atom is 0.309 e. The number of carbonyl (C=O) groups is 7. The van der Waals surface area contributed by atoms with E-state index in [-0.39, 0.29) is 35.8 Å². The van der Waals surface area contributed by atoms with Gasteiger partial charge in [0.05, 0.1) is 64.1 Å². The lowest BCUT2D eigenvalue weighted by Crippen LogP contribution is -2.73. The number of benzene rings is 2. The highest BCUT2D eigenvalue weighted by Gasteiger charge is 2.58. The Kier molecular flexibility index (Phi) is 26.9. The number of nitrogens with two attached hydrogens (primary N) is 3. The molecule has 3 fully saturated rings. The van der Waals surface area contributed by atoms with Crippen molar-refractivity contribution in [2.45, 2.75) is 187 Å². The number of aliphatic imine (C=N–C) groups is 2. The molecule has 0 radical (unpaired) electrons. The van der Waals surface area contributed by atoms with E-state index >= 15 is 14.4 Å². The molecule has 5 aliphatic heterocycles. The van der Waals surface area contributed by atoms with E-state index < -0.39 is 239 Å². The van der Waals surface area contributed by atoms with Crippen LogP contribution in [0.4, 0.5) is 5.69 Å². The van der Waals surface area contributed by atoms with Crippen molar-refractivity contribution < 1.29 is 128 Å². The Morgan fingerprint density at radius 3 is 1.96 bits per heavy atom. The summed E-state index contributed by atoms with van der Waals surface area (Å²) in [6.45, 7) is 0.368. The first kappa shape index (κ1) is 76.9. The Hall–Kier alpha value is -7.45. The van der Waals surface area contributed by atoms with E-state index in [0.717, 1.165) is 16.7 Å². The maximum atomic E-state index is 15.5. The van der Waals surface area contributed by atoms with Gasteiger partial charge in [-0.2, -0.15) is 0 Å². The molecule has 2 aromatic rings. The molecule has 540 valence electrons. The van der Waals surface area contributed by atoms with Gasteiger partial charge in [-0.3, -0.25) is 43.7 Å². The first-order valence-electron chi connectivity index (χ1n) is 31.1. The van der Waals surface area contributed by atoms with E-state index in [1.807, 2.05) is 0 Å². The number of ether oxygens (including phenoxy) is 6. The van der Waals surface area contributed by atoms with E-state index in [1.165, 1.54) is 55.5 Å². The molecule has 7 rings (SSSR count). The summed E-state index contributed by atoms with van der Waals surface area (Å²) in [5, 5.41) is 156. The largest absolute Gasteiger partial charge is 0.462 e. The third kappa shape index (κ3) is 17.5. The quantitative estimate of drug-likeness (QED) is 0.0255. The minimum absolute atomic E-state index is 0.0776. The van der Waals surface area contributed by atoms with Gasteiger partial charge in [-0.25, -0.2) is 0 Å². The van der Waals surface area contributed by atoms with Crippen molar-refractivity contribution in [3.05, 3.63) is 60.2 Å². The third-order valence-corrected chi connectivity index (χ3v) is 17.4. The Morgan fingerprint density at radius 1 is 0.753 bits per heavy atom. The van der Waals surface area contributed by atoms with Gasteiger partial charge in [-0.1, -0.05) is 44.2 Å². The predicted molar refractivity (Wildman–Crippen MR) is 330 cm³/mol. The number of amides is 5. The molecule has 5 amide bonds. The normalized spacial score (nSPS) is 31.6. The summed E-state index contributed by atoms with van der Waals surface area (Å²) in [5.41, 5.74) is 15.0. The maximum absolute atomic E-state index is 15.5. The van der Waals surface area contributed by atoms with E-state index in [1.54, 1.807) is 19.9 Å². The Bertz CT molecular complexity index is 3070. The summed E-state index contributed by atoms with van der Waals surface area (Å²) < 4.78 is 34.2. The predicted octanol–water partition coefficient (Wildman–Crippen LogP) is -11.5. The smallest absolute Gasteiger partial charge is 0.309 e. The number of nitrogens with zero attached hydrogens (tertiary/aromatic N) is 4. The molecular weight excluding hydrogens is 1290 g/mol. The number of aliphatic hydroxyl groups is 13. The van der Waals surface area contributed by atoms with Gasteiger partial charge in [-0.05, 0) is 50.1 Å². The molecule has 0 saturated carbocycles. The van der Waals surface area contributed by atoms with Crippen LogP contribution in [0.2, 0.25) is 0 Å². The summed E-state index contributed by atoms with van der Waals surface area (Å²) in [4.78, 5) is 107. The fourth-order valence-corrected chi connectivity index (χ4v) is 11.5. The van der Waals surface area contributed by atoms with Crippen LogP contribution in [-0.2, 0) is 63.7 Å². The monoisotopic (exact) mass is 1380 g/mol. The van der Waals surface area contributed by atoms with Crippen LogP contribution in [-0.4, -0.2) is 317 Å². The molecule has 0 aliphatic carbocycles. The Morgan fingerprint density at radius 2 is 1.37 bits per heavy atom. The molecule has 3 saturated heterocycles. The number of aliphatic hydroxyl groups excluding tert-OH is 12. The van der Waals surface area contributed by atoms with Gasteiger partial charge >= 0.3 is 5.97 Å². The van der Waals surface area contributed by atoms with Crippen LogP contribution in [0.3, 0.4) is 0 Å². The number of aldehydes is 1. The summed E-state index contributed by atoms with van der Waals surface area (Å²) in [7, 11) is 0. The summed E-state index contributed by atoms with van der Waals surface area (Å²) >= 11 is 0. The number of rotatable bonds is 30. The van der Waals surface area contributed by atoms with Crippen molar-refractivity contribution in [3.63, 3.8) is 0 Å². The number of hydrogen-bond acceptors (Lipinski definition) is 33. The number of guanidine groups is 2. The van der Waals surface area contributed by atoms with Crippen molar-refractivity contribution in [3.8, 4) is 5.75 Å². The summed E-state index contributed by atoms with van der Waals surface area (Å²) in [5.74, 6) is -8.01. The van der Waals surface area contributed by atoms with E-state index in [0.29, 0.717) is 6.42 Å². The van der Waals surface area contributed by atoms with Crippen molar-refractivity contribution >= 4 is 59.4 Å². The van der Waals surface area contributed by atoms with Crippen LogP contribution in [0.15, 0.2) is 64.6 Å². The van der Waals surface area contributed by atoms with Crippen LogP contribution in [0.25, 0.3) is 0 Å². The fraction of sp³-hybridized carbons (Fsp3) is 0.644. The average Bonchev–Trinajstić information content (AvgIpc) is 1.69. The molecule has 0 aromatic heterocycles. The molecular formula is C59H88N12O26. The Labute approximate surface area is 554 Å². The van der Waals surface area contributed by atoms with Crippen LogP contribution in [0, 0.1) is 5.92 Å². The van der Waals surface area contributed by atoms with E-state index in [2.05, 4.69) is 36.6 Å². The number of hydrogen-bond donors (Lipinski definition) is 21. The molecule has 5 heterocycles. The number of anilines is 1. The lowest BCUT2D eigenvalue weighted by atomic mass is 9.84. The molecule has 2 aromatic carbocycles. The molecule has 25 atom stereocenters. The third-order valence-electron chi connectivity index (χ3n) is 17.4. The minimum atomic E-state index is -2.80.